The molecule has 0 aromatic heterocycles. The van der Waals surface area contributed by atoms with Gasteiger partial charge in [-0.1, -0.05) is 42.5 Å². The van der Waals surface area contributed by atoms with Crippen molar-refractivity contribution in [1.29, 1.82) is 0 Å². The molecule has 0 saturated carbocycles. The molecule has 0 radical (unpaired) electrons. The zero-order valence-corrected chi connectivity index (χ0v) is 10.6. The Morgan fingerprint density at radius 1 is 0.895 bits per heavy atom. The number of esters is 1. The number of benzene rings is 2. The molecule has 3 heteroatoms. The second-order valence-electron chi connectivity index (χ2n) is 4.15. The van der Waals surface area contributed by atoms with Crippen molar-refractivity contribution < 1.29 is 14.3 Å². The van der Waals surface area contributed by atoms with Crippen LogP contribution in [0.5, 0.6) is 0 Å². The van der Waals surface area contributed by atoms with Crippen molar-refractivity contribution in [2.24, 2.45) is 0 Å². The van der Waals surface area contributed by atoms with Crippen molar-refractivity contribution in [1.82, 2.24) is 0 Å². The molecule has 2 rings (SSSR count). The highest BCUT2D eigenvalue weighted by atomic mass is 16.5. The van der Waals surface area contributed by atoms with Gasteiger partial charge in [-0.2, -0.15) is 0 Å². The fraction of sp³-hybridized carbons (Fsp3) is 0.125. The minimum absolute atomic E-state index is 0.0615. The van der Waals surface area contributed by atoms with Gasteiger partial charge in [0.25, 0.3) is 0 Å². The first-order valence-electron chi connectivity index (χ1n) is 5.96. The molecule has 19 heavy (non-hydrogen) atoms. The van der Waals surface area contributed by atoms with Gasteiger partial charge in [0.05, 0.1) is 12.7 Å². The number of carbonyl (C=O) groups is 2. The lowest BCUT2D eigenvalue weighted by atomic mass is 10.0. The van der Waals surface area contributed by atoms with Crippen LogP contribution in [0.3, 0.4) is 0 Å². The Bertz CT molecular complexity index is 571. The number of carbonyl (C=O) groups excluding carboxylic acids is 2. The van der Waals surface area contributed by atoms with Crippen LogP contribution in [0.1, 0.15) is 26.3 Å². The topological polar surface area (TPSA) is 43.4 Å². The van der Waals surface area contributed by atoms with Crippen LogP contribution in [0.2, 0.25) is 0 Å². The zero-order chi connectivity index (χ0) is 13.7. The largest absolute Gasteiger partial charge is 0.465 e. The lowest BCUT2D eigenvalue weighted by Crippen LogP contribution is -2.04. The summed E-state index contributed by atoms with van der Waals surface area (Å²) in [5.41, 5.74) is 2.06. The molecule has 2 aromatic rings. The summed E-state index contributed by atoms with van der Waals surface area (Å²) < 4.78 is 4.62. The Labute approximate surface area is 111 Å². The third-order valence-electron chi connectivity index (χ3n) is 2.84. The smallest absolute Gasteiger partial charge is 0.337 e. The fourth-order valence-electron chi connectivity index (χ4n) is 1.79. The van der Waals surface area contributed by atoms with Crippen molar-refractivity contribution in [2.45, 2.75) is 6.42 Å². The van der Waals surface area contributed by atoms with E-state index in [2.05, 4.69) is 4.74 Å². The lowest BCUT2D eigenvalue weighted by molar-refractivity contribution is 0.0600. The molecule has 0 fully saturated rings. The number of ether oxygens (including phenoxy) is 1. The monoisotopic (exact) mass is 254 g/mol. The number of ketones is 1. The maximum atomic E-state index is 12.0. The molecule has 0 aliphatic rings. The highest BCUT2D eigenvalue weighted by Crippen LogP contribution is 2.10. The predicted molar refractivity (Wildman–Crippen MR) is 72.3 cm³/mol. The van der Waals surface area contributed by atoms with Gasteiger partial charge in [0.15, 0.2) is 5.78 Å². The molecule has 0 N–H and O–H groups in total. The summed E-state index contributed by atoms with van der Waals surface area (Å²) in [6.45, 7) is 0. The minimum Gasteiger partial charge on any atom is -0.465 e. The van der Waals surface area contributed by atoms with E-state index in [-0.39, 0.29) is 11.8 Å². The first kappa shape index (κ1) is 13.0. The Hall–Kier alpha value is -2.42. The number of hydrogen-bond acceptors (Lipinski definition) is 3. The van der Waals surface area contributed by atoms with Gasteiger partial charge in [-0.3, -0.25) is 4.79 Å². The summed E-state index contributed by atoms with van der Waals surface area (Å²) in [6, 6.07) is 16.0. The van der Waals surface area contributed by atoms with Crippen LogP contribution in [-0.2, 0) is 11.2 Å². The molecule has 3 nitrogen and oxygen atoms in total. The maximum Gasteiger partial charge on any atom is 0.337 e. The molecule has 0 atom stereocenters. The van der Waals surface area contributed by atoms with Crippen LogP contribution in [0.15, 0.2) is 54.6 Å². The highest BCUT2D eigenvalue weighted by molar-refractivity contribution is 5.97. The van der Waals surface area contributed by atoms with Crippen LogP contribution in [0.25, 0.3) is 0 Å². The summed E-state index contributed by atoms with van der Waals surface area (Å²) in [5.74, 6) is -0.313. The van der Waals surface area contributed by atoms with Gasteiger partial charge in [0.1, 0.15) is 0 Å². The van der Waals surface area contributed by atoms with Gasteiger partial charge >= 0.3 is 5.97 Å². The quantitative estimate of drug-likeness (QED) is 0.622. The third-order valence-corrected chi connectivity index (χ3v) is 2.84. The lowest BCUT2D eigenvalue weighted by Gasteiger charge is -2.03. The summed E-state index contributed by atoms with van der Waals surface area (Å²) in [4.78, 5) is 23.3. The van der Waals surface area contributed by atoms with Gasteiger partial charge in [-0.05, 0) is 17.7 Å². The molecule has 0 heterocycles. The van der Waals surface area contributed by atoms with Crippen LogP contribution in [0.4, 0.5) is 0 Å². The van der Waals surface area contributed by atoms with Crippen LogP contribution in [-0.4, -0.2) is 18.9 Å². The summed E-state index contributed by atoms with van der Waals surface area (Å²) in [7, 11) is 1.34. The van der Waals surface area contributed by atoms with Crippen molar-refractivity contribution in [2.75, 3.05) is 7.11 Å². The zero-order valence-electron chi connectivity index (χ0n) is 10.6. The van der Waals surface area contributed by atoms with E-state index in [1.54, 1.807) is 36.4 Å². The molecular weight excluding hydrogens is 240 g/mol. The van der Waals surface area contributed by atoms with E-state index in [0.717, 1.165) is 5.56 Å². The highest BCUT2D eigenvalue weighted by Gasteiger charge is 2.08. The third kappa shape index (κ3) is 3.28. The van der Waals surface area contributed by atoms with Crippen LogP contribution in [0, 0.1) is 0 Å². The Kier molecular flexibility index (Phi) is 4.08. The molecule has 0 unspecified atom stereocenters. The SMILES string of the molecule is COC(=O)c1ccc(CC(=O)c2ccccc2)cc1. The number of hydrogen-bond donors (Lipinski definition) is 0. The molecular formula is C16H14O3. The predicted octanol–water partition coefficient (Wildman–Crippen LogP) is 2.90. The second-order valence-corrected chi connectivity index (χ2v) is 4.15. The molecule has 0 aliphatic heterocycles. The van der Waals surface area contributed by atoms with E-state index in [4.69, 9.17) is 0 Å². The van der Waals surface area contributed by atoms with Gasteiger partial charge < -0.3 is 4.74 Å². The van der Waals surface area contributed by atoms with Gasteiger partial charge in [-0.25, -0.2) is 4.79 Å². The van der Waals surface area contributed by atoms with E-state index in [9.17, 15) is 9.59 Å². The van der Waals surface area contributed by atoms with Gasteiger partial charge in [0.2, 0.25) is 0 Å². The van der Waals surface area contributed by atoms with E-state index in [1.165, 1.54) is 7.11 Å². The Morgan fingerprint density at radius 3 is 2.11 bits per heavy atom. The fourth-order valence-corrected chi connectivity index (χ4v) is 1.79. The minimum atomic E-state index is -0.374. The van der Waals surface area contributed by atoms with Crippen molar-refractivity contribution in [3.05, 3.63) is 71.3 Å². The van der Waals surface area contributed by atoms with Gasteiger partial charge in [0, 0.05) is 12.0 Å². The molecule has 2 aromatic carbocycles. The van der Waals surface area contributed by atoms with E-state index in [1.807, 2.05) is 18.2 Å². The van der Waals surface area contributed by atoms with Crippen molar-refractivity contribution >= 4 is 11.8 Å². The number of methoxy groups -OCH3 is 1. The Morgan fingerprint density at radius 2 is 1.53 bits per heavy atom. The average Bonchev–Trinajstić information content (AvgIpc) is 2.48. The Balaban J connectivity index is 2.08. The normalized spacial score (nSPS) is 9.95. The summed E-state index contributed by atoms with van der Waals surface area (Å²) in [5, 5.41) is 0. The van der Waals surface area contributed by atoms with E-state index >= 15 is 0 Å². The van der Waals surface area contributed by atoms with E-state index < -0.39 is 0 Å². The molecule has 0 saturated heterocycles. The van der Waals surface area contributed by atoms with Gasteiger partial charge in [-0.15, -0.1) is 0 Å². The molecule has 0 aliphatic carbocycles. The number of Topliss-reactive ketones (excluding diaryl/α,β-unsaturated/α-hetero) is 1. The van der Waals surface area contributed by atoms with Crippen LogP contribution >= 0.6 is 0 Å². The molecule has 96 valence electrons. The maximum absolute atomic E-state index is 12.0. The van der Waals surface area contributed by atoms with Crippen molar-refractivity contribution in [3.63, 3.8) is 0 Å². The summed E-state index contributed by atoms with van der Waals surface area (Å²) >= 11 is 0. The molecule has 0 amide bonds. The van der Waals surface area contributed by atoms with Crippen molar-refractivity contribution in [3.8, 4) is 0 Å². The second kappa shape index (κ2) is 5.96. The standard InChI is InChI=1S/C16H14O3/c1-19-16(18)14-9-7-12(8-10-14)11-15(17)13-5-3-2-4-6-13/h2-10H,11H2,1H3. The average molecular weight is 254 g/mol. The molecule has 0 bridgehead atoms. The summed E-state index contributed by atoms with van der Waals surface area (Å²) in [6.07, 6.45) is 0.325. The van der Waals surface area contributed by atoms with Crippen LogP contribution < -0.4 is 0 Å². The number of rotatable bonds is 4. The first-order chi connectivity index (χ1) is 9.20. The first-order valence-corrected chi connectivity index (χ1v) is 5.96. The van der Waals surface area contributed by atoms with E-state index in [0.29, 0.717) is 17.5 Å². The molecule has 0 spiro atoms.